The minimum Gasteiger partial charge on any atom is -0.462 e. The number of rotatable bonds is 6. The summed E-state index contributed by atoms with van der Waals surface area (Å²) in [6.07, 6.45) is 1.47. The molecule has 0 amide bonds. The SMILES string of the molecule is CC(C)OC(=O)CN1CCCC1C(=O)OCc1ccccc1. The Balaban J connectivity index is 1.84. The van der Waals surface area contributed by atoms with Gasteiger partial charge in [0.1, 0.15) is 12.6 Å². The van der Waals surface area contributed by atoms with Crippen LogP contribution in [0.3, 0.4) is 0 Å². The van der Waals surface area contributed by atoms with Gasteiger partial charge in [-0.25, -0.2) is 0 Å². The maximum Gasteiger partial charge on any atom is 0.323 e. The summed E-state index contributed by atoms with van der Waals surface area (Å²) in [5.41, 5.74) is 0.958. The van der Waals surface area contributed by atoms with Crippen LogP contribution < -0.4 is 0 Å². The molecule has 1 unspecified atom stereocenters. The van der Waals surface area contributed by atoms with Crippen molar-refractivity contribution in [3.05, 3.63) is 35.9 Å². The van der Waals surface area contributed by atoms with Crippen molar-refractivity contribution in [2.75, 3.05) is 13.1 Å². The third-order valence-electron chi connectivity index (χ3n) is 3.56. The van der Waals surface area contributed by atoms with E-state index in [9.17, 15) is 9.59 Å². The van der Waals surface area contributed by atoms with Crippen molar-refractivity contribution < 1.29 is 19.1 Å². The molecule has 2 rings (SSSR count). The molecular weight excluding hydrogens is 282 g/mol. The van der Waals surface area contributed by atoms with Crippen LogP contribution in [0.1, 0.15) is 32.3 Å². The van der Waals surface area contributed by atoms with Crippen molar-refractivity contribution in [1.29, 1.82) is 0 Å². The van der Waals surface area contributed by atoms with Crippen LogP contribution in [0.25, 0.3) is 0 Å². The minimum absolute atomic E-state index is 0.140. The summed E-state index contributed by atoms with van der Waals surface area (Å²) < 4.78 is 10.5. The Morgan fingerprint density at radius 3 is 2.68 bits per heavy atom. The van der Waals surface area contributed by atoms with Crippen molar-refractivity contribution in [3.8, 4) is 0 Å². The fourth-order valence-corrected chi connectivity index (χ4v) is 2.57. The van der Waals surface area contributed by atoms with E-state index < -0.39 is 0 Å². The lowest BCUT2D eigenvalue weighted by Crippen LogP contribution is -2.41. The first-order valence-corrected chi connectivity index (χ1v) is 7.70. The van der Waals surface area contributed by atoms with E-state index in [1.165, 1.54) is 0 Å². The molecule has 1 fully saturated rings. The maximum atomic E-state index is 12.2. The maximum absolute atomic E-state index is 12.2. The molecule has 0 aliphatic carbocycles. The van der Waals surface area contributed by atoms with Crippen molar-refractivity contribution in [3.63, 3.8) is 0 Å². The lowest BCUT2D eigenvalue weighted by molar-refractivity contribution is -0.154. The highest BCUT2D eigenvalue weighted by Crippen LogP contribution is 2.19. The van der Waals surface area contributed by atoms with Crippen LogP contribution in [0.15, 0.2) is 30.3 Å². The molecular formula is C17H23NO4. The molecule has 0 radical (unpaired) electrons. The predicted octanol–water partition coefficient (Wildman–Crippen LogP) is 2.15. The van der Waals surface area contributed by atoms with Gasteiger partial charge in [-0.05, 0) is 38.8 Å². The Morgan fingerprint density at radius 1 is 1.27 bits per heavy atom. The molecule has 0 spiro atoms. The standard InChI is InChI=1S/C17H23NO4/c1-13(2)22-16(19)11-18-10-6-9-15(18)17(20)21-12-14-7-4-3-5-8-14/h3-5,7-8,13,15H,6,9-12H2,1-2H3. The van der Waals surface area contributed by atoms with Crippen LogP contribution in [-0.4, -0.2) is 42.1 Å². The summed E-state index contributed by atoms with van der Waals surface area (Å²) in [6, 6.07) is 9.23. The van der Waals surface area contributed by atoms with Crippen molar-refractivity contribution in [1.82, 2.24) is 4.90 Å². The highest BCUT2D eigenvalue weighted by Gasteiger charge is 2.33. The molecule has 22 heavy (non-hydrogen) atoms. The number of nitrogens with zero attached hydrogens (tertiary/aromatic N) is 1. The van der Waals surface area contributed by atoms with Gasteiger partial charge in [0.05, 0.1) is 12.6 Å². The first kappa shape index (κ1) is 16.5. The first-order chi connectivity index (χ1) is 10.6. The highest BCUT2D eigenvalue weighted by molar-refractivity contribution is 5.78. The molecule has 1 aliphatic heterocycles. The molecule has 1 aromatic rings. The average Bonchev–Trinajstić information content (AvgIpc) is 2.93. The number of likely N-dealkylation sites (tertiary alicyclic amines) is 1. The van der Waals surface area contributed by atoms with Crippen molar-refractivity contribution >= 4 is 11.9 Å². The molecule has 1 heterocycles. The zero-order valence-electron chi connectivity index (χ0n) is 13.2. The van der Waals surface area contributed by atoms with Crippen LogP contribution >= 0.6 is 0 Å². The van der Waals surface area contributed by atoms with Gasteiger partial charge in [-0.2, -0.15) is 0 Å². The monoisotopic (exact) mass is 305 g/mol. The zero-order chi connectivity index (χ0) is 15.9. The summed E-state index contributed by atoms with van der Waals surface area (Å²) >= 11 is 0. The van der Waals surface area contributed by atoms with Gasteiger partial charge in [0.25, 0.3) is 0 Å². The molecule has 0 bridgehead atoms. The number of benzene rings is 1. The normalized spacial score (nSPS) is 18.4. The van der Waals surface area contributed by atoms with E-state index in [-0.39, 0.29) is 37.2 Å². The van der Waals surface area contributed by atoms with Gasteiger partial charge in [-0.1, -0.05) is 30.3 Å². The molecule has 1 aromatic carbocycles. The van der Waals surface area contributed by atoms with Crippen molar-refractivity contribution in [2.45, 2.75) is 45.4 Å². The zero-order valence-corrected chi connectivity index (χ0v) is 13.2. The summed E-state index contributed by atoms with van der Waals surface area (Å²) in [5.74, 6) is -0.559. The number of carbonyl (C=O) groups is 2. The number of carbonyl (C=O) groups excluding carboxylic acids is 2. The Hall–Kier alpha value is -1.88. The molecule has 0 aromatic heterocycles. The summed E-state index contributed by atoms with van der Waals surface area (Å²) in [7, 11) is 0. The van der Waals surface area contributed by atoms with Crippen LogP contribution in [-0.2, 0) is 25.7 Å². The largest absolute Gasteiger partial charge is 0.462 e. The smallest absolute Gasteiger partial charge is 0.323 e. The summed E-state index contributed by atoms with van der Waals surface area (Å²) in [4.78, 5) is 25.8. The Kier molecular flexibility index (Phi) is 5.95. The van der Waals surface area contributed by atoms with Gasteiger partial charge < -0.3 is 9.47 Å². The first-order valence-electron chi connectivity index (χ1n) is 7.70. The quantitative estimate of drug-likeness (QED) is 0.754. The van der Waals surface area contributed by atoms with Gasteiger partial charge in [-0.15, -0.1) is 0 Å². The topological polar surface area (TPSA) is 55.8 Å². The Labute approximate surface area is 131 Å². The van der Waals surface area contributed by atoms with E-state index >= 15 is 0 Å². The number of hydrogen-bond donors (Lipinski definition) is 0. The number of ether oxygens (including phenoxy) is 2. The second-order valence-corrected chi connectivity index (χ2v) is 5.76. The molecule has 5 nitrogen and oxygen atoms in total. The van der Waals surface area contributed by atoms with Gasteiger partial charge in [-0.3, -0.25) is 14.5 Å². The molecule has 1 atom stereocenters. The van der Waals surface area contributed by atoms with Crippen LogP contribution in [0.2, 0.25) is 0 Å². The molecule has 5 heteroatoms. The third kappa shape index (κ3) is 4.84. The van der Waals surface area contributed by atoms with Gasteiger partial charge in [0.2, 0.25) is 0 Å². The van der Waals surface area contributed by atoms with Gasteiger partial charge in [0, 0.05) is 0 Å². The lowest BCUT2D eigenvalue weighted by Gasteiger charge is -2.22. The Morgan fingerprint density at radius 2 is 2.00 bits per heavy atom. The van der Waals surface area contributed by atoms with Gasteiger partial charge >= 0.3 is 11.9 Å². The highest BCUT2D eigenvalue weighted by atomic mass is 16.5. The minimum atomic E-state index is -0.344. The molecule has 0 saturated carbocycles. The third-order valence-corrected chi connectivity index (χ3v) is 3.56. The van der Waals surface area contributed by atoms with E-state index in [0.717, 1.165) is 24.9 Å². The summed E-state index contributed by atoms with van der Waals surface area (Å²) in [5, 5.41) is 0. The lowest BCUT2D eigenvalue weighted by atomic mass is 10.2. The predicted molar refractivity (Wildman–Crippen MR) is 82.1 cm³/mol. The second-order valence-electron chi connectivity index (χ2n) is 5.76. The molecule has 0 N–H and O–H groups in total. The molecule has 1 saturated heterocycles. The number of esters is 2. The van der Waals surface area contributed by atoms with E-state index in [0.29, 0.717) is 0 Å². The fourth-order valence-electron chi connectivity index (χ4n) is 2.57. The number of hydrogen-bond acceptors (Lipinski definition) is 5. The van der Waals surface area contributed by atoms with E-state index in [2.05, 4.69) is 0 Å². The Bertz CT molecular complexity index is 501. The van der Waals surface area contributed by atoms with Gasteiger partial charge in [0.15, 0.2) is 0 Å². The molecule has 1 aliphatic rings. The fraction of sp³-hybridized carbons (Fsp3) is 0.529. The average molecular weight is 305 g/mol. The second kappa shape index (κ2) is 7.94. The van der Waals surface area contributed by atoms with E-state index in [1.54, 1.807) is 0 Å². The van der Waals surface area contributed by atoms with E-state index in [4.69, 9.17) is 9.47 Å². The van der Waals surface area contributed by atoms with E-state index in [1.807, 2.05) is 49.1 Å². The van der Waals surface area contributed by atoms with Crippen LogP contribution in [0.5, 0.6) is 0 Å². The molecule has 120 valence electrons. The van der Waals surface area contributed by atoms with Crippen LogP contribution in [0, 0.1) is 0 Å². The summed E-state index contributed by atoms with van der Waals surface area (Å²) in [6.45, 7) is 4.75. The van der Waals surface area contributed by atoms with Crippen molar-refractivity contribution in [2.24, 2.45) is 0 Å². The van der Waals surface area contributed by atoms with Crippen LogP contribution in [0.4, 0.5) is 0 Å².